The summed E-state index contributed by atoms with van der Waals surface area (Å²) in [5.41, 5.74) is 1.61. The number of terminal acetylenes is 1. The van der Waals surface area contributed by atoms with Crippen LogP contribution in [0.4, 0.5) is 34.0 Å². The molecule has 3 aromatic carbocycles. The van der Waals surface area contributed by atoms with Gasteiger partial charge in [0.25, 0.3) is 0 Å². The van der Waals surface area contributed by atoms with Crippen molar-refractivity contribution in [2.45, 2.75) is 68.8 Å². The molecule has 0 spiro atoms. The number of nitrogens with zero attached hydrogens (tertiary/aromatic N) is 5. The van der Waals surface area contributed by atoms with Gasteiger partial charge in [-0.3, -0.25) is 4.90 Å². The highest BCUT2D eigenvalue weighted by atomic mass is 32.5. The highest BCUT2D eigenvalue weighted by Crippen LogP contribution is 3.02. The van der Waals surface area contributed by atoms with Crippen LogP contribution in [0.3, 0.4) is 0 Å². The standard InChI is InChI=1S/C33H32F2N6O.C7H7F5OS.C2H6/c1-2-22-24(34)10-8-20-6-3-7-23(26(20)22)29-28(35)30-27-25(37-29)11-9-21-18-36-14-17-41(21)31(27)39-32(38-30)42-19-33-12-4-15-40(33)16-5-13-33;1-13-6-3-2-4-7(5-6)14(8,9,10,11)12;1-2/h1,3,6-8,10,21,36H,4-5,9,11-19H2;2-5H,1H3;1-2H3. The molecule has 9 rings (SSSR count). The highest BCUT2D eigenvalue weighted by molar-refractivity contribution is 8.45. The first kappa shape index (κ1) is 41.3. The largest absolute Gasteiger partial charge is 0.497 e. The summed E-state index contributed by atoms with van der Waals surface area (Å²) in [6.07, 6.45) is 11.7. The number of piperazine rings is 1. The summed E-state index contributed by atoms with van der Waals surface area (Å²) in [6, 6.07) is 11.5. The van der Waals surface area contributed by atoms with Gasteiger partial charge < -0.3 is 19.7 Å². The topological polar surface area (TPSA) is 75.6 Å². The Balaban J connectivity index is 0.000000272. The zero-order valence-corrected chi connectivity index (χ0v) is 33.3. The Morgan fingerprint density at radius 3 is 2.38 bits per heavy atom. The molecule has 1 atom stereocenters. The molecule has 3 fully saturated rings. The van der Waals surface area contributed by atoms with Gasteiger partial charge in [0.15, 0.2) is 5.82 Å². The number of halogens is 7. The molecule has 6 heterocycles. The molecule has 4 aliphatic rings. The number of methoxy groups -OCH3 is 1. The summed E-state index contributed by atoms with van der Waals surface area (Å²) in [5, 5.41) is 5.32. The van der Waals surface area contributed by atoms with Crippen molar-refractivity contribution in [2.24, 2.45) is 0 Å². The van der Waals surface area contributed by atoms with E-state index < -0.39 is 26.8 Å². The molecule has 0 aliphatic carbocycles. The zero-order valence-electron chi connectivity index (χ0n) is 32.4. The van der Waals surface area contributed by atoms with E-state index in [9.17, 15) is 23.8 Å². The number of pyridine rings is 1. The lowest BCUT2D eigenvalue weighted by molar-refractivity contribution is 0.108. The SMILES string of the molecule is C#Cc1c(F)ccc2cccc(-c3nc4c5c(nc(OCC67CCCN6CCC7)nc5c3F)N3CCNCC3CC4)c12.CC.COc1cccc(S(F)(F)(F)(F)F)c1. The fourth-order valence-corrected chi connectivity index (χ4v) is 9.31. The average Bonchev–Trinajstić information content (AvgIpc) is 3.76. The first-order chi connectivity index (χ1) is 27.6. The molecular weight excluding hydrogens is 786 g/mol. The van der Waals surface area contributed by atoms with Crippen molar-refractivity contribution in [1.82, 2.24) is 25.2 Å². The lowest BCUT2D eigenvalue weighted by Gasteiger charge is -2.40. The molecule has 0 amide bonds. The Labute approximate surface area is 332 Å². The maximum Gasteiger partial charge on any atom is 0.319 e. The van der Waals surface area contributed by atoms with Gasteiger partial charge in [-0.1, -0.05) is 69.5 Å². The molecule has 16 heteroatoms. The molecule has 0 bridgehead atoms. The molecule has 310 valence electrons. The molecule has 1 unspecified atom stereocenters. The predicted molar refractivity (Wildman–Crippen MR) is 214 cm³/mol. The first-order valence-corrected chi connectivity index (χ1v) is 21.4. The van der Waals surface area contributed by atoms with Crippen LogP contribution in [-0.4, -0.2) is 77.9 Å². The summed E-state index contributed by atoms with van der Waals surface area (Å²) in [6.45, 7) is 9.06. The molecule has 0 saturated carbocycles. The second-order valence-electron chi connectivity index (χ2n) is 14.7. The Morgan fingerprint density at radius 2 is 1.67 bits per heavy atom. The Bertz CT molecular complexity index is 2400. The minimum Gasteiger partial charge on any atom is -0.497 e. The molecule has 1 N–H and O–H groups in total. The molecular formula is C42H45F7N6O2S. The molecule has 0 radical (unpaired) electrons. The third-order valence-electron chi connectivity index (χ3n) is 11.3. The van der Waals surface area contributed by atoms with E-state index in [1.165, 1.54) is 6.07 Å². The quantitative estimate of drug-likeness (QED) is 0.134. The second kappa shape index (κ2) is 15.1. The molecule has 5 aromatic rings. The predicted octanol–water partition coefficient (Wildman–Crippen LogP) is 10.2. The number of ether oxygens (including phenoxy) is 2. The van der Waals surface area contributed by atoms with E-state index in [4.69, 9.17) is 26.1 Å². The second-order valence-corrected chi connectivity index (χ2v) is 17.1. The van der Waals surface area contributed by atoms with Crippen LogP contribution >= 0.6 is 10.2 Å². The molecule has 2 aromatic heterocycles. The lowest BCUT2D eigenvalue weighted by Crippen LogP contribution is -2.51. The van der Waals surface area contributed by atoms with Crippen LogP contribution in [-0.2, 0) is 6.42 Å². The molecule has 4 aliphatic heterocycles. The van der Waals surface area contributed by atoms with E-state index in [0.29, 0.717) is 41.2 Å². The smallest absolute Gasteiger partial charge is 0.319 e. The van der Waals surface area contributed by atoms with Gasteiger partial charge in [-0.15, -0.1) is 6.42 Å². The van der Waals surface area contributed by atoms with Crippen LogP contribution in [0, 0.1) is 24.0 Å². The summed E-state index contributed by atoms with van der Waals surface area (Å²) in [4.78, 5) is 17.4. The van der Waals surface area contributed by atoms with Gasteiger partial charge in [-0.2, -0.15) is 9.97 Å². The minimum absolute atomic E-state index is 0.00970. The number of rotatable bonds is 6. The van der Waals surface area contributed by atoms with Crippen LogP contribution in [0.2, 0.25) is 0 Å². The summed E-state index contributed by atoms with van der Waals surface area (Å²) < 4.78 is 104. The third kappa shape index (κ3) is 7.83. The minimum atomic E-state index is -9.56. The number of anilines is 1. The number of fused-ring (bicyclic) bond motifs is 4. The number of nitrogens with one attached hydrogen (secondary N) is 1. The number of aromatic nitrogens is 3. The van der Waals surface area contributed by atoms with Crippen molar-refractivity contribution < 1.29 is 37.7 Å². The lowest BCUT2D eigenvalue weighted by atomic mass is 9.95. The van der Waals surface area contributed by atoms with Gasteiger partial charge in [-0.25, -0.2) is 13.8 Å². The van der Waals surface area contributed by atoms with Gasteiger partial charge in [0.2, 0.25) is 0 Å². The van der Waals surface area contributed by atoms with Crippen LogP contribution in [0.1, 0.15) is 57.2 Å². The van der Waals surface area contributed by atoms with Crippen LogP contribution in [0.25, 0.3) is 32.9 Å². The van der Waals surface area contributed by atoms with Gasteiger partial charge in [0.05, 0.1) is 29.3 Å². The van der Waals surface area contributed by atoms with Crippen LogP contribution in [0.5, 0.6) is 11.8 Å². The molecule has 58 heavy (non-hydrogen) atoms. The third-order valence-corrected chi connectivity index (χ3v) is 12.5. The number of hydrogen-bond donors (Lipinski definition) is 1. The summed E-state index contributed by atoms with van der Waals surface area (Å²) in [5.74, 6) is 1.82. The Morgan fingerprint density at radius 1 is 0.931 bits per heavy atom. The van der Waals surface area contributed by atoms with E-state index in [1.54, 1.807) is 12.1 Å². The monoisotopic (exact) mass is 830 g/mol. The van der Waals surface area contributed by atoms with Crippen molar-refractivity contribution in [3.05, 3.63) is 77.5 Å². The summed E-state index contributed by atoms with van der Waals surface area (Å²) in [7, 11) is -8.46. The normalized spacial score (nSPS) is 19.6. The van der Waals surface area contributed by atoms with Gasteiger partial charge in [0.1, 0.15) is 40.1 Å². The highest BCUT2D eigenvalue weighted by Gasteiger charge is 2.65. The van der Waals surface area contributed by atoms with Gasteiger partial charge in [-0.05, 0) is 75.2 Å². The summed E-state index contributed by atoms with van der Waals surface area (Å²) >= 11 is 0. The molecule has 3 saturated heterocycles. The fraction of sp³-hybridized carbons (Fsp3) is 0.405. The maximum absolute atomic E-state index is 16.8. The number of aryl methyl sites for hydroxylation is 1. The first-order valence-electron chi connectivity index (χ1n) is 19.4. The van der Waals surface area contributed by atoms with Crippen molar-refractivity contribution in [3.63, 3.8) is 0 Å². The van der Waals surface area contributed by atoms with Crippen LogP contribution in [0.15, 0.2) is 59.5 Å². The van der Waals surface area contributed by atoms with Crippen molar-refractivity contribution >= 4 is 37.7 Å². The zero-order chi connectivity index (χ0) is 41.5. The van der Waals surface area contributed by atoms with E-state index >= 15 is 4.39 Å². The van der Waals surface area contributed by atoms with Crippen molar-refractivity contribution in [1.29, 1.82) is 0 Å². The Kier molecular flexibility index (Phi) is 10.7. The van der Waals surface area contributed by atoms with E-state index in [1.807, 2.05) is 26.0 Å². The van der Waals surface area contributed by atoms with E-state index in [2.05, 4.69) is 25.8 Å². The Hall–Kier alpha value is -4.85. The number of benzene rings is 3. The van der Waals surface area contributed by atoms with Crippen LogP contribution < -0.4 is 19.7 Å². The van der Waals surface area contributed by atoms with Crippen molar-refractivity contribution in [3.8, 4) is 35.4 Å². The maximum atomic E-state index is 16.8. The number of hydrogen-bond acceptors (Lipinski definition) is 8. The molecule has 8 nitrogen and oxygen atoms in total. The average molecular weight is 831 g/mol. The van der Waals surface area contributed by atoms with E-state index in [0.717, 1.165) is 95.2 Å². The fourth-order valence-electron chi connectivity index (χ4n) is 8.63. The van der Waals surface area contributed by atoms with Gasteiger partial charge in [0, 0.05) is 42.7 Å². The van der Waals surface area contributed by atoms with Gasteiger partial charge >= 0.3 is 16.2 Å². The van der Waals surface area contributed by atoms with E-state index in [-0.39, 0.29) is 46.2 Å². The van der Waals surface area contributed by atoms with Crippen molar-refractivity contribution in [2.75, 3.05) is 51.3 Å².